The molecule has 2 aliphatic heterocycles. The first-order valence-electron chi connectivity index (χ1n) is 14.1. The van der Waals surface area contributed by atoms with Gasteiger partial charge in [0, 0.05) is 55.9 Å². The Hall–Kier alpha value is -3.77. The van der Waals surface area contributed by atoms with Crippen LogP contribution in [-0.2, 0) is 14.3 Å². The number of carboxylic acids is 1. The predicted octanol–water partition coefficient (Wildman–Crippen LogP) is 1.61. The maximum Gasteiger partial charge on any atom is 0.331 e. The third-order valence-electron chi connectivity index (χ3n) is 7.85. The molecule has 41 heavy (non-hydrogen) atoms. The van der Waals surface area contributed by atoms with Crippen LogP contribution in [0.15, 0.2) is 42.7 Å². The van der Waals surface area contributed by atoms with Crippen molar-refractivity contribution in [3.63, 3.8) is 0 Å². The van der Waals surface area contributed by atoms with E-state index < -0.39 is 28.7 Å². The first-order valence-corrected chi connectivity index (χ1v) is 14.1. The number of carbonyl (C=O) groups excluding carboxylic acids is 2. The standard InChI is InChI=1S/C29H41N7O5/c1-28(2,3)29(26(39)40,34-24(37)19-35-14-16-41-17-15-35)20-32-25(38)21-6-4-7-23(18-21)36-12-8-22(9-13-36)33-27-30-10-5-11-31-27/h4-7,10-11,18,22H,8-9,12-17,19-20H2,1-3H3,(H,32,38)(H,34,37)(H,39,40)(H,30,31,33)/t29-/m0/s1. The number of aromatic nitrogens is 2. The van der Waals surface area contributed by atoms with Crippen LogP contribution in [0.5, 0.6) is 0 Å². The van der Waals surface area contributed by atoms with E-state index in [4.69, 9.17) is 4.74 Å². The summed E-state index contributed by atoms with van der Waals surface area (Å²) in [6.45, 7) is 8.90. The van der Waals surface area contributed by atoms with E-state index in [1.807, 2.05) is 23.1 Å². The van der Waals surface area contributed by atoms with Gasteiger partial charge in [-0.05, 0) is 42.5 Å². The van der Waals surface area contributed by atoms with Crippen molar-refractivity contribution in [1.29, 1.82) is 0 Å². The van der Waals surface area contributed by atoms with E-state index >= 15 is 0 Å². The molecule has 222 valence electrons. The lowest BCUT2D eigenvalue weighted by Gasteiger charge is -2.42. The number of hydrogen-bond acceptors (Lipinski definition) is 9. The lowest BCUT2D eigenvalue weighted by atomic mass is 9.73. The van der Waals surface area contributed by atoms with Gasteiger partial charge in [0.2, 0.25) is 11.9 Å². The van der Waals surface area contributed by atoms with E-state index in [1.54, 1.807) is 45.3 Å². The average Bonchev–Trinajstić information content (AvgIpc) is 2.96. The Kier molecular flexibility index (Phi) is 9.77. The molecule has 3 heterocycles. The largest absolute Gasteiger partial charge is 0.479 e. The van der Waals surface area contributed by atoms with Crippen molar-refractivity contribution in [1.82, 2.24) is 25.5 Å². The molecule has 12 heteroatoms. The molecular formula is C29H41N7O5. The minimum atomic E-state index is -1.71. The first kappa shape index (κ1) is 30.2. The second-order valence-corrected chi connectivity index (χ2v) is 11.6. The van der Waals surface area contributed by atoms with Crippen molar-refractivity contribution in [2.45, 2.75) is 45.2 Å². The minimum absolute atomic E-state index is 0.0645. The smallest absolute Gasteiger partial charge is 0.331 e. The number of morpholine rings is 1. The molecular weight excluding hydrogens is 526 g/mol. The van der Waals surface area contributed by atoms with Crippen molar-refractivity contribution in [2.75, 3.05) is 62.7 Å². The van der Waals surface area contributed by atoms with Gasteiger partial charge in [-0.1, -0.05) is 26.8 Å². The number of hydrogen-bond donors (Lipinski definition) is 4. The normalized spacial score (nSPS) is 18.3. The highest BCUT2D eigenvalue weighted by Gasteiger charge is 2.50. The van der Waals surface area contributed by atoms with E-state index in [0.717, 1.165) is 31.6 Å². The zero-order valence-electron chi connectivity index (χ0n) is 24.1. The summed E-state index contributed by atoms with van der Waals surface area (Å²) in [6.07, 6.45) is 5.21. The van der Waals surface area contributed by atoms with Crippen LogP contribution in [0.25, 0.3) is 0 Å². The maximum absolute atomic E-state index is 13.3. The predicted molar refractivity (Wildman–Crippen MR) is 155 cm³/mol. The fourth-order valence-corrected chi connectivity index (χ4v) is 5.18. The summed E-state index contributed by atoms with van der Waals surface area (Å²) in [6, 6.07) is 9.36. The summed E-state index contributed by atoms with van der Waals surface area (Å²) in [5.41, 5.74) is -1.25. The highest BCUT2D eigenvalue weighted by Crippen LogP contribution is 2.31. The summed E-state index contributed by atoms with van der Waals surface area (Å²) in [7, 11) is 0. The molecule has 2 fully saturated rings. The summed E-state index contributed by atoms with van der Waals surface area (Å²) in [5, 5.41) is 19.2. The molecule has 0 saturated carbocycles. The number of anilines is 2. The van der Waals surface area contributed by atoms with Crippen LogP contribution in [0, 0.1) is 5.41 Å². The van der Waals surface area contributed by atoms with Crippen LogP contribution in [0.3, 0.4) is 0 Å². The third kappa shape index (κ3) is 7.70. The molecule has 0 bridgehead atoms. The summed E-state index contributed by atoms with van der Waals surface area (Å²) in [5.74, 6) is -1.39. The van der Waals surface area contributed by atoms with E-state index in [1.165, 1.54) is 0 Å². The van der Waals surface area contributed by atoms with Crippen molar-refractivity contribution in [3.8, 4) is 0 Å². The summed E-state index contributed by atoms with van der Waals surface area (Å²) < 4.78 is 5.33. The van der Waals surface area contributed by atoms with Crippen molar-refractivity contribution >= 4 is 29.4 Å². The van der Waals surface area contributed by atoms with Gasteiger partial charge in [-0.25, -0.2) is 14.8 Å². The summed E-state index contributed by atoms with van der Waals surface area (Å²) >= 11 is 0. The molecule has 4 rings (SSSR count). The molecule has 1 aromatic carbocycles. The molecule has 2 saturated heterocycles. The minimum Gasteiger partial charge on any atom is -0.479 e. The number of carboxylic acid groups (broad SMARTS) is 1. The van der Waals surface area contributed by atoms with Crippen LogP contribution < -0.4 is 20.9 Å². The Balaban J connectivity index is 1.38. The zero-order valence-corrected chi connectivity index (χ0v) is 24.1. The van der Waals surface area contributed by atoms with Gasteiger partial charge in [-0.15, -0.1) is 0 Å². The molecule has 4 N–H and O–H groups in total. The van der Waals surface area contributed by atoms with Gasteiger partial charge in [0.1, 0.15) is 0 Å². The van der Waals surface area contributed by atoms with Gasteiger partial charge in [-0.3, -0.25) is 14.5 Å². The number of nitrogens with one attached hydrogen (secondary N) is 3. The van der Waals surface area contributed by atoms with Crippen LogP contribution in [0.4, 0.5) is 11.6 Å². The summed E-state index contributed by atoms with van der Waals surface area (Å²) in [4.78, 5) is 51.5. The Bertz CT molecular complexity index is 1190. The Morgan fingerprint density at radius 3 is 2.34 bits per heavy atom. The molecule has 2 aliphatic rings. The maximum atomic E-state index is 13.3. The second kappa shape index (κ2) is 13.3. The quantitative estimate of drug-likeness (QED) is 0.334. The Labute approximate surface area is 240 Å². The van der Waals surface area contributed by atoms with Crippen molar-refractivity contribution in [3.05, 3.63) is 48.3 Å². The number of aliphatic carboxylic acids is 1. The fraction of sp³-hybridized carbons (Fsp3) is 0.552. The fourth-order valence-electron chi connectivity index (χ4n) is 5.18. The number of amides is 2. The molecule has 1 aromatic heterocycles. The molecule has 0 radical (unpaired) electrons. The second-order valence-electron chi connectivity index (χ2n) is 11.6. The van der Waals surface area contributed by atoms with Crippen molar-refractivity contribution in [2.24, 2.45) is 5.41 Å². The van der Waals surface area contributed by atoms with E-state index in [0.29, 0.717) is 37.8 Å². The van der Waals surface area contributed by atoms with E-state index in [-0.39, 0.29) is 19.1 Å². The van der Waals surface area contributed by atoms with Crippen LogP contribution in [-0.4, -0.2) is 102 Å². The number of carbonyl (C=O) groups is 3. The number of nitrogens with zero attached hydrogens (tertiary/aromatic N) is 4. The van der Waals surface area contributed by atoms with Gasteiger partial charge in [0.25, 0.3) is 5.91 Å². The topological polar surface area (TPSA) is 149 Å². The van der Waals surface area contributed by atoms with Gasteiger partial charge in [-0.2, -0.15) is 0 Å². The highest BCUT2D eigenvalue weighted by molar-refractivity contribution is 5.96. The molecule has 2 aromatic rings. The monoisotopic (exact) mass is 567 g/mol. The molecule has 1 atom stereocenters. The number of benzene rings is 1. The average molecular weight is 568 g/mol. The van der Waals surface area contributed by atoms with Gasteiger partial charge >= 0.3 is 5.97 Å². The van der Waals surface area contributed by atoms with Gasteiger partial charge < -0.3 is 30.7 Å². The van der Waals surface area contributed by atoms with E-state index in [2.05, 4.69) is 30.8 Å². The van der Waals surface area contributed by atoms with Crippen LogP contribution in [0.1, 0.15) is 44.0 Å². The molecule has 0 aliphatic carbocycles. The number of rotatable bonds is 10. The van der Waals surface area contributed by atoms with E-state index in [9.17, 15) is 19.5 Å². The Morgan fingerprint density at radius 2 is 1.71 bits per heavy atom. The lowest BCUT2D eigenvalue weighted by molar-refractivity contribution is -0.153. The molecule has 2 amide bonds. The van der Waals surface area contributed by atoms with Crippen molar-refractivity contribution < 1.29 is 24.2 Å². The molecule has 12 nitrogen and oxygen atoms in total. The molecule has 0 unspecified atom stereocenters. The highest BCUT2D eigenvalue weighted by atomic mass is 16.5. The molecule has 0 spiro atoms. The first-order chi connectivity index (χ1) is 19.6. The Morgan fingerprint density at radius 1 is 1.02 bits per heavy atom. The van der Waals surface area contributed by atoms with Crippen LogP contribution >= 0.6 is 0 Å². The van der Waals surface area contributed by atoms with Gasteiger partial charge in [0.05, 0.1) is 26.3 Å². The lowest BCUT2D eigenvalue weighted by Crippen LogP contribution is -2.68. The zero-order chi connectivity index (χ0) is 29.5. The van der Waals surface area contributed by atoms with Crippen LogP contribution in [0.2, 0.25) is 0 Å². The number of piperidine rings is 1. The number of ether oxygens (including phenoxy) is 1. The van der Waals surface area contributed by atoms with Gasteiger partial charge in [0.15, 0.2) is 5.54 Å². The SMILES string of the molecule is CC(C)(C)[C@@](CNC(=O)c1cccc(N2CCC(Nc3ncccn3)CC2)c1)(NC(=O)CN1CCOCC1)C(=O)O. The third-order valence-corrected chi connectivity index (χ3v) is 7.85.